The number of amides is 3. The van der Waals surface area contributed by atoms with Crippen molar-refractivity contribution >= 4 is 28.4 Å². The third-order valence-electron chi connectivity index (χ3n) is 2.35. The Hall–Kier alpha value is -1.70. The molecule has 2 rings (SSSR count). The predicted molar refractivity (Wildman–Crippen MR) is 62.8 cm³/mol. The van der Waals surface area contributed by atoms with Gasteiger partial charge in [0.15, 0.2) is 0 Å². The van der Waals surface area contributed by atoms with Gasteiger partial charge in [-0.1, -0.05) is 11.3 Å². The van der Waals surface area contributed by atoms with Crippen LogP contribution in [-0.2, 0) is 4.79 Å². The second-order valence-electron chi connectivity index (χ2n) is 3.76. The van der Waals surface area contributed by atoms with E-state index in [2.05, 4.69) is 26.1 Å². The maximum absolute atomic E-state index is 11.6. The molecule has 17 heavy (non-hydrogen) atoms. The van der Waals surface area contributed by atoms with Gasteiger partial charge in [0.2, 0.25) is 11.0 Å². The Labute approximate surface area is 102 Å². The summed E-state index contributed by atoms with van der Waals surface area (Å²) >= 11 is 1.31. The smallest absolute Gasteiger partial charge is 0.321 e. The maximum Gasteiger partial charge on any atom is 0.321 e. The average Bonchev–Trinajstić information content (AvgIpc) is 2.67. The third-order valence-corrected chi connectivity index (χ3v) is 3.10. The summed E-state index contributed by atoms with van der Waals surface area (Å²) in [6, 6.07) is -0.344. The van der Waals surface area contributed by atoms with Crippen LogP contribution < -0.4 is 16.0 Å². The molecular formula is C9H13N5O2S. The van der Waals surface area contributed by atoms with Crippen molar-refractivity contribution in [1.29, 1.82) is 0 Å². The van der Waals surface area contributed by atoms with Crippen LogP contribution >= 0.6 is 11.3 Å². The Morgan fingerprint density at radius 3 is 2.94 bits per heavy atom. The summed E-state index contributed by atoms with van der Waals surface area (Å²) in [5, 5.41) is 16.9. The quantitative estimate of drug-likeness (QED) is 0.705. The van der Waals surface area contributed by atoms with E-state index in [1.54, 1.807) is 0 Å². The van der Waals surface area contributed by atoms with Crippen molar-refractivity contribution in [2.24, 2.45) is 0 Å². The van der Waals surface area contributed by atoms with E-state index in [9.17, 15) is 9.59 Å². The molecule has 0 aromatic carbocycles. The van der Waals surface area contributed by atoms with Gasteiger partial charge in [0, 0.05) is 19.0 Å². The molecule has 8 heteroatoms. The minimum Gasteiger partial charge on any atom is -0.354 e. The zero-order chi connectivity index (χ0) is 12.3. The number of carbonyl (C=O) groups is 2. The molecule has 0 saturated carbocycles. The second-order valence-corrected chi connectivity index (χ2v) is 4.95. The molecule has 1 aromatic rings. The van der Waals surface area contributed by atoms with E-state index >= 15 is 0 Å². The van der Waals surface area contributed by atoms with Crippen LogP contribution in [0.1, 0.15) is 17.8 Å². The molecule has 7 nitrogen and oxygen atoms in total. The van der Waals surface area contributed by atoms with E-state index < -0.39 is 0 Å². The van der Waals surface area contributed by atoms with Gasteiger partial charge in [0.1, 0.15) is 5.01 Å². The number of hydrogen-bond donors (Lipinski definition) is 3. The first kappa shape index (κ1) is 11.8. The summed E-state index contributed by atoms with van der Waals surface area (Å²) in [5.74, 6) is 0.0307. The highest BCUT2D eigenvalue weighted by Gasteiger charge is 2.19. The molecule has 2 heterocycles. The van der Waals surface area contributed by atoms with Gasteiger partial charge in [-0.05, 0) is 13.3 Å². The number of piperidine rings is 1. The van der Waals surface area contributed by atoms with Crippen molar-refractivity contribution in [3.63, 3.8) is 0 Å². The first-order valence-corrected chi connectivity index (χ1v) is 6.09. The Balaban J connectivity index is 1.79. The lowest BCUT2D eigenvalue weighted by atomic mass is 10.1. The van der Waals surface area contributed by atoms with Crippen LogP contribution in [0.3, 0.4) is 0 Å². The molecule has 0 spiro atoms. The number of aromatic nitrogens is 2. The van der Waals surface area contributed by atoms with Gasteiger partial charge in [-0.3, -0.25) is 10.1 Å². The van der Waals surface area contributed by atoms with Gasteiger partial charge in [-0.2, -0.15) is 0 Å². The summed E-state index contributed by atoms with van der Waals surface area (Å²) in [5.41, 5.74) is 0. The second kappa shape index (κ2) is 5.09. The molecule has 0 aliphatic carbocycles. The fraction of sp³-hybridized carbons (Fsp3) is 0.556. The van der Waals surface area contributed by atoms with Gasteiger partial charge in [0.05, 0.1) is 0 Å². The number of nitrogens with one attached hydrogen (secondary N) is 3. The van der Waals surface area contributed by atoms with Crippen molar-refractivity contribution in [3.8, 4) is 0 Å². The van der Waals surface area contributed by atoms with Crippen LogP contribution in [0.5, 0.6) is 0 Å². The van der Waals surface area contributed by atoms with Gasteiger partial charge < -0.3 is 10.6 Å². The molecule has 1 aliphatic rings. The Morgan fingerprint density at radius 1 is 1.53 bits per heavy atom. The van der Waals surface area contributed by atoms with Crippen LogP contribution in [-0.4, -0.2) is 34.7 Å². The van der Waals surface area contributed by atoms with Crippen LogP contribution in [0, 0.1) is 6.92 Å². The first-order valence-electron chi connectivity index (χ1n) is 5.28. The highest BCUT2D eigenvalue weighted by molar-refractivity contribution is 7.15. The van der Waals surface area contributed by atoms with Gasteiger partial charge >= 0.3 is 6.03 Å². The Kier molecular flexibility index (Phi) is 3.52. The topological polar surface area (TPSA) is 96.0 Å². The van der Waals surface area contributed by atoms with Gasteiger partial charge in [-0.15, -0.1) is 10.2 Å². The van der Waals surface area contributed by atoms with E-state index in [0.29, 0.717) is 24.5 Å². The molecule has 92 valence electrons. The number of aryl methyl sites for hydroxylation is 1. The fourth-order valence-corrected chi connectivity index (χ4v) is 2.11. The Bertz CT molecular complexity index is 423. The lowest BCUT2D eigenvalue weighted by Crippen LogP contribution is -2.48. The lowest BCUT2D eigenvalue weighted by Gasteiger charge is -2.23. The van der Waals surface area contributed by atoms with Gasteiger partial charge in [-0.25, -0.2) is 4.79 Å². The number of carbonyl (C=O) groups excluding carboxylic acids is 2. The summed E-state index contributed by atoms with van der Waals surface area (Å²) in [6.45, 7) is 2.29. The average molecular weight is 255 g/mol. The zero-order valence-electron chi connectivity index (χ0n) is 9.32. The molecular weight excluding hydrogens is 242 g/mol. The van der Waals surface area contributed by atoms with Crippen molar-refractivity contribution in [2.75, 3.05) is 11.9 Å². The van der Waals surface area contributed by atoms with Crippen LogP contribution in [0.25, 0.3) is 0 Å². The monoisotopic (exact) mass is 255 g/mol. The number of hydrogen-bond acceptors (Lipinski definition) is 5. The number of urea groups is 1. The molecule has 1 fully saturated rings. The van der Waals surface area contributed by atoms with E-state index in [4.69, 9.17) is 0 Å². The molecule has 0 bridgehead atoms. The largest absolute Gasteiger partial charge is 0.354 e. The van der Waals surface area contributed by atoms with E-state index in [1.807, 2.05) is 6.92 Å². The summed E-state index contributed by atoms with van der Waals surface area (Å²) < 4.78 is 0. The first-order chi connectivity index (χ1) is 8.13. The molecule has 3 amide bonds. The van der Waals surface area contributed by atoms with Crippen molar-refractivity contribution in [1.82, 2.24) is 20.8 Å². The highest BCUT2D eigenvalue weighted by Crippen LogP contribution is 2.13. The standard InChI is InChI=1S/C9H13N5O2S/c1-5-13-14-9(17-5)12-8(16)11-6-2-3-7(15)10-4-6/h6H,2-4H2,1H3,(H,10,15)(H2,11,12,14,16). The molecule has 1 atom stereocenters. The van der Waals surface area contributed by atoms with Crippen LogP contribution in [0.4, 0.5) is 9.93 Å². The maximum atomic E-state index is 11.6. The molecule has 1 saturated heterocycles. The number of rotatable bonds is 2. The lowest BCUT2D eigenvalue weighted by molar-refractivity contribution is -0.122. The predicted octanol–water partition coefficient (Wildman–Crippen LogP) is 0.247. The van der Waals surface area contributed by atoms with Crippen molar-refractivity contribution < 1.29 is 9.59 Å². The molecule has 1 aliphatic heterocycles. The normalized spacial score (nSPS) is 19.6. The Morgan fingerprint density at radius 2 is 2.35 bits per heavy atom. The number of nitrogens with zero attached hydrogens (tertiary/aromatic N) is 2. The fourth-order valence-electron chi connectivity index (χ4n) is 1.52. The summed E-state index contributed by atoms with van der Waals surface area (Å²) in [4.78, 5) is 22.5. The van der Waals surface area contributed by atoms with Crippen molar-refractivity contribution in [3.05, 3.63) is 5.01 Å². The SMILES string of the molecule is Cc1nnc(NC(=O)NC2CCC(=O)NC2)s1. The molecule has 1 unspecified atom stereocenters. The van der Waals surface area contributed by atoms with E-state index in [1.165, 1.54) is 11.3 Å². The summed E-state index contributed by atoms with van der Waals surface area (Å²) in [7, 11) is 0. The van der Waals surface area contributed by atoms with Crippen LogP contribution in [0.15, 0.2) is 0 Å². The zero-order valence-corrected chi connectivity index (χ0v) is 10.1. The van der Waals surface area contributed by atoms with E-state index in [0.717, 1.165) is 5.01 Å². The van der Waals surface area contributed by atoms with Gasteiger partial charge in [0.25, 0.3) is 0 Å². The minimum atomic E-state index is -0.317. The van der Waals surface area contributed by atoms with Crippen molar-refractivity contribution in [2.45, 2.75) is 25.8 Å². The highest BCUT2D eigenvalue weighted by atomic mass is 32.1. The summed E-state index contributed by atoms with van der Waals surface area (Å²) in [6.07, 6.45) is 1.11. The minimum absolute atomic E-state index is 0.0262. The molecule has 1 aromatic heterocycles. The van der Waals surface area contributed by atoms with E-state index in [-0.39, 0.29) is 18.0 Å². The van der Waals surface area contributed by atoms with Crippen LogP contribution in [0.2, 0.25) is 0 Å². The third kappa shape index (κ3) is 3.38. The number of anilines is 1. The molecule has 3 N–H and O–H groups in total. The molecule has 0 radical (unpaired) electrons.